The van der Waals surface area contributed by atoms with E-state index < -0.39 is 0 Å². The number of rotatable bonds is 8. The lowest BCUT2D eigenvalue weighted by atomic mass is 10.1. The zero-order valence-corrected chi connectivity index (χ0v) is 13.5. The minimum atomic E-state index is -0.185. The molecular weight excluding hydrogens is 292 g/mol. The van der Waals surface area contributed by atoms with E-state index in [1.54, 1.807) is 0 Å². The van der Waals surface area contributed by atoms with E-state index in [4.69, 9.17) is 5.11 Å². The molecule has 0 saturated heterocycles. The molecule has 2 amide bonds. The van der Waals surface area contributed by atoms with Crippen LogP contribution in [-0.2, 0) is 6.42 Å². The first kappa shape index (κ1) is 17.0. The van der Waals surface area contributed by atoms with Crippen LogP contribution < -0.4 is 10.6 Å². The number of aromatic nitrogens is 2. The van der Waals surface area contributed by atoms with Gasteiger partial charge in [-0.1, -0.05) is 18.2 Å². The van der Waals surface area contributed by atoms with E-state index in [-0.39, 0.29) is 12.6 Å². The highest BCUT2D eigenvalue weighted by molar-refractivity contribution is 5.73. The molecule has 2 rings (SSSR count). The third kappa shape index (κ3) is 5.41. The van der Waals surface area contributed by atoms with Gasteiger partial charge in [-0.15, -0.1) is 0 Å². The number of aliphatic hydroxyl groups excluding tert-OH is 1. The summed E-state index contributed by atoms with van der Waals surface area (Å²) in [5, 5.41) is 18.7. The lowest BCUT2D eigenvalue weighted by Gasteiger charge is -2.06. The Morgan fingerprint density at radius 2 is 1.87 bits per heavy atom. The summed E-state index contributed by atoms with van der Waals surface area (Å²) in [5.74, 6) is 0. The van der Waals surface area contributed by atoms with E-state index >= 15 is 0 Å². The van der Waals surface area contributed by atoms with E-state index in [1.807, 2.05) is 48.1 Å². The molecule has 0 aliphatic carbocycles. The molecule has 2 aromatic rings. The van der Waals surface area contributed by atoms with Gasteiger partial charge in [0.05, 0.1) is 11.4 Å². The Morgan fingerprint density at radius 1 is 1.17 bits per heavy atom. The highest BCUT2D eigenvalue weighted by Gasteiger charge is 2.06. The number of aryl methyl sites for hydroxylation is 2. The lowest BCUT2D eigenvalue weighted by Crippen LogP contribution is -2.36. The van der Waals surface area contributed by atoms with Gasteiger partial charge < -0.3 is 15.7 Å². The van der Waals surface area contributed by atoms with Crippen LogP contribution in [0.3, 0.4) is 0 Å². The number of para-hydroxylation sites is 1. The van der Waals surface area contributed by atoms with Gasteiger partial charge >= 0.3 is 6.03 Å². The van der Waals surface area contributed by atoms with Crippen LogP contribution in [0.15, 0.2) is 36.5 Å². The molecule has 0 atom stereocenters. The molecule has 3 N–H and O–H groups in total. The molecule has 124 valence electrons. The number of carbonyl (C=O) groups excluding carboxylic acids is 1. The molecule has 0 aliphatic rings. The Hall–Kier alpha value is -2.34. The molecule has 1 aromatic heterocycles. The summed E-state index contributed by atoms with van der Waals surface area (Å²) >= 11 is 0. The second-order valence-corrected chi connectivity index (χ2v) is 5.38. The average Bonchev–Trinajstić information content (AvgIpc) is 2.94. The normalized spacial score (nSPS) is 10.5. The van der Waals surface area contributed by atoms with Crippen molar-refractivity contribution in [3.63, 3.8) is 0 Å². The fraction of sp³-hybridized carbons (Fsp3) is 0.412. The molecule has 1 heterocycles. The number of nitrogens with zero attached hydrogens (tertiary/aromatic N) is 2. The number of hydrogen-bond acceptors (Lipinski definition) is 3. The van der Waals surface area contributed by atoms with Crippen molar-refractivity contribution < 1.29 is 9.90 Å². The van der Waals surface area contributed by atoms with Crippen LogP contribution >= 0.6 is 0 Å². The summed E-state index contributed by atoms with van der Waals surface area (Å²) in [4.78, 5) is 11.5. The van der Waals surface area contributed by atoms with Crippen LogP contribution in [0.2, 0.25) is 0 Å². The molecule has 1 aromatic carbocycles. The first-order valence-electron chi connectivity index (χ1n) is 7.94. The predicted octanol–water partition coefficient (Wildman–Crippen LogP) is 1.79. The van der Waals surface area contributed by atoms with Crippen LogP contribution in [0.25, 0.3) is 5.69 Å². The maximum absolute atomic E-state index is 11.5. The molecule has 0 fully saturated rings. The molecule has 6 nitrogen and oxygen atoms in total. The highest BCUT2D eigenvalue weighted by atomic mass is 16.3. The third-order valence-electron chi connectivity index (χ3n) is 3.55. The van der Waals surface area contributed by atoms with E-state index in [2.05, 4.69) is 15.7 Å². The van der Waals surface area contributed by atoms with Crippen molar-refractivity contribution in [2.75, 3.05) is 19.7 Å². The maximum Gasteiger partial charge on any atom is 0.314 e. The van der Waals surface area contributed by atoms with Crippen LogP contribution in [0.4, 0.5) is 4.79 Å². The Kier molecular flexibility index (Phi) is 6.62. The minimum Gasteiger partial charge on any atom is -0.396 e. The third-order valence-corrected chi connectivity index (χ3v) is 3.55. The fourth-order valence-electron chi connectivity index (χ4n) is 2.28. The van der Waals surface area contributed by atoms with Gasteiger partial charge in [-0.25, -0.2) is 9.48 Å². The molecule has 0 bridgehead atoms. The summed E-state index contributed by atoms with van der Waals surface area (Å²) < 4.78 is 1.89. The Labute approximate surface area is 136 Å². The molecule has 0 saturated carbocycles. The van der Waals surface area contributed by atoms with Gasteiger partial charge in [0.2, 0.25) is 0 Å². The Balaban J connectivity index is 1.76. The van der Waals surface area contributed by atoms with Crippen LogP contribution in [0.1, 0.15) is 24.1 Å². The average molecular weight is 316 g/mol. The fourth-order valence-corrected chi connectivity index (χ4v) is 2.28. The van der Waals surface area contributed by atoms with Gasteiger partial charge in [-0.05, 0) is 43.9 Å². The molecular formula is C17H24N4O2. The second-order valence-electron chi connectivity index (χ2n) is 5.38. The van der Waals surface area contributed by atoms with Gasteiger partial charge in [0.1, 0.15) is 0 Å². The van der Waals surface area contributed by atoms with E-state index in [0.717, 1.165) is 24.2 Å². The topological polar surface area (TPSA) is 79.2 Å². The van der Waals surface area contributed by atoms with Crippen molar-refractivity contribution in [1.82, 2.24) is 20.4 Å². The number of amides is 2. The number of hydrogen-bond donors (Lipinski definition) is 3. The van der Waals surface area contributed by atoms with Crippen LogP contribution in [0, 0.1) is 6.92 Å². The summed E-state index contributed by atoms with van der Waals surface area (Å²) in [7, 11) is 0. The molecule has 0 aliphatic heterocycles. The lowest BCUT2D eigenvalue weighted by molar-refractivity contribution is 0.238. The van der Waals surface area contributed by atoms with Crippen LogP contribution in [0.5, 0.6) is 0 Å². The molecule has 0 radical (unpaired) electrons. The molecule has 0 unspecified atom stereocenters. The number of benzene rings is 1. The Bertz CT molecular complexity index is 610. The largest absolute Gasteiger partial charge is 0.396 e. The number of carbonyl (C=O) groups is 1. The number of nitrogens with one attached hydrogen (secondary N) is 2. The second kappa shape index (κ2) is 8.95. The SMILES string of the molecule is Cc1nn(-c2ccccc2)cc1CCCNC(=O)NCCCO. The smallest absolute Gasteiger partial charge is 0.314 e. The van der Waals surface area contributed by atoms with Crippen molar-refractivity contribution in [3.8, 4) is 5.69 Å². The maximum atomic E-state index is 11.5. The molecule has 0 spiro atoms. The van der Waals surface area contributed by atoms with Crippen molar-refractivity contribution in [3.05, 3.63) is 47.8 Å². The summed E-state index contributed by atoms with van der Waals surface area (Å²) in [6.45, 7) is 3.20. The van der Waals surface area contributed by atoms with E-state index in [9.17, 15) is 4.79 Å². The number of urea groups is 1. The van der Waals surface area contributed by atoms with E-state index in [0.29, 0.717) is 19.5 Å². The van der Waals surface area contributed by atoms with E-state index in [1.165, 1.54) is 5.56 Å². The zero-order chi connectivity index (χ0) is 16.5. The molecule has 23 heavy (non-hydrogen) atoms. The summed E-state index contributed by atoms with van der Waals surface area (Å²) in [6.07, 6.45) is 4.35. The Morgan fingerprint density at radius 3 is 2.57 bits per heavy atom. The summed E-state index contributed by atoms with van der Waals surface area (Å²) in [6, 6.07) is 9.83. The first-order valence-corrected chi connectivity index (χ1v) is 7.94. The van der Waals surface area contributed by atoms with Crippen LogP contribution in [-0.4, -0.2) is 40.6 Å². The van der Waals surface area contributed by atoms with Gasteiger partial charge in [-0.3, -0.25) is 0 Å². The van der Waals surface area contributed by atoms with Gasteiger partial charge in [0, 0.05) is 25.9 Å². The zero-order valence-electron chi connectivity index (χ0n) is 13.5. The van der Waals surface area contributed by atoms with Gasteiger partial charge in [0.15, 0.2) is 0 Å². The molecule has 6 heteroatoms. The quantitative estimate of drug-likeness (QED) is 0.650. The minimum absolute atomic E-state index is 0.0883. The standard InChI is InChI=1S/C17H24N4O2/c1-14-15(7-5-10-18-17(23)19-11-6-12-22)13-21(20-14)16-8-3-2-4-9-16/h2-4,8-9,13,22H,5-7,10-12H2,1H3,(H2,18,19,23). The summed E-state index contributed by atoms with van der Waals surface area (Å²) in [5.41, 5.74) is 3.25. The van der Waals surface area contributed by atoms with Crippen molar-refractivity contribution in [1.29, 1.82) is 0 Å². The van der Waals surface area contributed by atoms with Gasteiger partial charge in [0.25, 0.3) is 0 Å². The van der Waals surface area contributed by atoms with Crippen molar-refractivity contribution >= 4 is 6.03 Å². The predicted molar refractivity (Wildman–Crippen MR) is 89.7 cm³/mol. The van der Waals surface area contributed by atoms with Crippen molar-refractivity contribution in [2.45, 2.75) is 26.2 Å². The highest BCUT2D eigenvalue weighted by Crippen LogP contribution is 2.13. The van der Waals surface area contributed by atoms with Crippen molar-refractivity contribution in [2.24, 2.45) is 0 Å². The van der Waals surface area contributed by atoms with Gasteiger partial charge in [-0.2, -0.15) is 5.10 Å². The first-order chi connectivity index (χ1) is 11.2. The monoisotopic (exact) mass is 316 g/mol. The number of aliphatic hydroxyl groups is 1.